The van der Waals surface area contributed by atoms with E-state index >= 15 is 0 Å². The van der Waals surface area contributed by atoms with Crippen molar-refractivity contribution in [3.05, 3.63) is 40.4 Å². The molecule has 1 heterocycles. The quantitative estimate of drug-likeness (QED) is 0.761. The van der Waals surface area contributed by atoms with Gasteiger partial charge in [-0.05, 0) is 37.6 Å². The Bertz CT molecular complexity index is 718. The van der Waals surface area contributed by atoms with Gasteiger partial charge in [0.05, 0.1) is 0 Å². The number of nitrogens with zero attached hydrogens (tertiary/aromatic N) is 2. The van der Waals surface area contributed by atoms with E-state index in [1.807, 2.05) is 13.8 Å². The molecule has 0 saturated carbocycles. The SMILES string of the molecule is CCCN(CC(=O)Nc1ncc(C)s1)C(=O)COc1ccc(Cl)cc1. The van der Waals surface area contributed by atoms with Gasteiger partial charge in [0.15, 0.2) is 11.7 Å². The lowest BCUT2D eigenvalue weighted by Gasteiger charge is -2.21. The highest BCUT2D eigenvalue weighted by Crippen LogP contribution is 2.17. The second-order valence-corrected chi connectivity index (χ2v) is 7.05. The minimum atomic E-state index is -0.275. The van der Waals surface area contributed by atoms with Gasteiger partial charge in [0.25, 0.3) is 5.91 Å². The first-order valence-corrected chi connectivity index (χ1v) is 9.05. The van der Waals surface area contributed by atoms with E-state index in [2.05, 4.69) is 10.3 Å². The molecule has 0 radical (unpaired) electrons. The number of aryl methyl sites for hydroxylation is 1. The Balaban J connectivity index is 1.88. The lowest BCUT2D eigenvalue weighted by atomic mass is 10.3. The zero-order chi connectivity index (χ0) is 18.2. The smallest absolute Gasteiger partial charge is 0.260 e. The third kappa shape index (κ3) is 6.36. The molecule has 2 rings (SSSR count). The van der Waals surface area contributed by atoms with Crippen LogP contribution in [-0.4, -0.2) is 41.4 Å². The van der Waals surface area contributed by atoms with Gasteiger partial charge in [0, 0.05) is 22.6 Å². The zero-order valence-electron chi connectivity index (χ0n) is 14.1. The highest BCUT2D eigenvalue weighted by atomic mass is 35.5. The van der Waals surface area contributed by atoms with Crippen molar-refractivity contribution in [2.24, 2.45) is 0 Å². The van der Waals surface area contributed by atoms with Crippen molar-refractivity contribution in [2.75, 3.05) is 25.0 Å². The van der Waals surface area contributed by atoms with Gasteiger partial charge in [-0.25, -0.2) is 4.98 Å². The average Bonchev–Trinajstić information content (AvgIpc) is 2.98. The van der Waals surface area contributed by atoms with Gasteiger partial charge >= 0.3 is 0 Å². The van der Waals surface area contributed by atoms with E-state index in [4.69, 9.17) is 16.3 Å². The van der Waals surface area contributed by atoms with Crippen LogP contribution in [0.2, 0.25) is 5.02 Å². The molecule has 1 aromatic carbocycles. The molecule has 0 aliphatic rings. The molecule has 25 heavy (non-hydrogen) atoms. The summed E-state index contributed by atoms with van der Waals surface area (Å²) in [4.78, 5) is 31.0. The van der Waals surface area contributed by atoms with Crippen LogP contribution in [0, 0.1) is 6.92 Å². The number of nitrogens with one attached hydrogen (secondary N) is 1. The molecule has 0 aliphatic carbocycles. The Hall–Kier alpha value is -2.12. The average molecular weight is 382 g/mol. The fraction of sp³-hybridized carbons (Fsp3) is 0.353. The highest BCUT2D eigenvalue weighted by Gasteiger charge is 2.18. The Morgan fingerprint density at radius 1 is 1.32 bits per heavy atom. The van der Waals surface area contributed by atoms with Gasteiger partial charge in [-0.1, -0.05) is 18.5 Å². The lowest BCUT2D eigenvalue weighted by molar-refractivity contribution is -0.136. The standard InChI is InChI=1S/C17H20ClN3O3S/c1-3-8-21(10-15(22)20-17-19-9-12(2)25-17)16(23)11-24-14-6-4-13(18)5-7-14/h4-7,9H,3,8,10-11H2,1-2H3,(H,19,20,22). The van der Waals surface area contributed by atoms with Gasteiger partial charge in [0.2, 0.25) is 5.91 Å². The first-order chi connectivity index (χ1) is 12.0. The second kappa shape index (κ2) is 9.39. The molecule has 8 heteroatoms. The van der Waals surface area contributed by atoms with E-state index in [1.54, 1.807) is 30.5 Å². The molecule has 0 saturated heterocycles. The fourth-order valence-electron chi connectivity index (χ4n) is 2.07. The predicted molar refractivity (Wildman–Crippen MR) is 99.3 cm³/mol. The predicted octanol–water partition coefficient (Wildman–Crippen LogP) is 3.36. The number of carbonyl (C=O) groups excluding carboxylic acids is 2. The molecule has 0 bridgehead atoms. The summed E-state index contributed by atoms with van der Waals surface area (Å²) in [7, 11) is 0. The van der Waals surface area contributed by atoms with Gasteiger partial charge in [-0.15, -0.1) is 11.3 Å². The molecule has 1 N–H and O–H groups in total. The van der Waals surface area contributed by atoms with Crippen LogP contribution in [0.15, 0.2) is 30.5 Å². The number of hydrogen-bond acceptors (Lipinski definition) is 5. The third-order valence-corrected chi connectivity index (χ3v) is 4.30. The third-order valence-electron chi connectivity index (χ3n) is 3.22. The number of benzene rings is 1. The molecule has 0 spiro atoms. The van der Waals surface area contributed by atoms with E-state index < -0.39 is 0 Å². The van der Waals surface area contributed by atoms with E-state index in [0.717, 1.165) is 11.3 Å². The Kier molecular flexibility index (Phi) is 7.21. The maximum absolute atomic E-state index is 12.3. The van der Waals surface area contributed by atoms with E-state index in [9.17, 15) is 9.59 Å². The number of hydrogen-bond donors (Lipinski definition) is 1. The molecule has 0 atom stereocenters. The van der Waals surface area contributed by atoms with Crippen LogP contribution in [0.5, 0.6) is 5.75 Å². The largest absolute Gasteiger partial charge is 0.484 e. The first kappa shape index (κ1) is 19.2. The molecule has 1 aromatic heterocycles. The summed E-state index contributed by atoms with van der Waals surface area (Å²) in [6.45, 7) is 4.17. The molecule has 0 fully saturated rings. The summed E-state index contributed by atoms with van der Waals surface area (Å²) >= 11 is 7.20. The summed E-state index contributed by atoms with van der Waals surface area (Å²) < 4.78 is 5.46. The second-order valence-electron chi connectivity index (χ2n) is 5.38. The maximum Gasteiger partial charge on any atom is 0.260 e. The van der Waals surface area contributed by atoms with Gasteiger partial charge in [-0.2, -0.15) is 0 Å². The summed E-state index contributed by atoms with van der Waals surface area (Å²) in [5.41, 5.74) is 0. The highest BCUT2D eigenvalue weighted by molar-refractivity contribution is 7.15. The van der Waals surface area contributed by atoms with E-state index in [1.165, 1.54) is 16.2 Å². The number of carbonyl (C=O) groups is 2. The fourth-order valence-corrected chi connectivity index (χ4v) is 2.88. The first-order valence-electron chi connectivity index (χ1n) is 7.86. The number of amides is 2. The maximum atomic E-state index is 12.3. The monoisotopic (exact) mass is 381 g/mol. The van der Waals surface area contributed by atoms with Crippen molar-refractivity contribution in [3.8, 4) is 5.75 Å². The minimum absolute atomic E-state index is 0.0325. The number of halogens is 1. The van der Waals surface area contributed by atoms with E-state index in [0.29, 0.717) is 22.4 Å². The topological polar surface area (TPSA) is 71.5 Å². The summed E-state index contributed by atoms with van der Waals surface area (Å²) in [5, 5.41) is 3.83. The molecule has 2 amide bonds. The molecule has 0 unspecified atom stereocenters. The van der Waals surface area contributed by atoms with Crippen LogP contribution in [0.3, 0.4) is 0 Å². The van der Waals surface area contributed by atoms with Crippen molar-refractivity contribution in [2.45, 2.75) is 20.3 Å². The van der Waals surface area contributed by atoms with Crippen LogP contribution in [0.25, 0.3) is 0 Å². The Morgan fingerprint density at radius 2 is 2.04 bits per heavy atom. The molecule has 6 nitrogen and oxygen atoms in total. The van der Waals surface area contributed by atoms with Crippen LogP contribution in [-0.2, 0) is 9.59 Å². The molecular formula is C17H20ClN3O3S. The molecule has 0 aliphatic heterocycles. The van der Waals surface area contributed by atoms with Crippen molar-refractivity contribution >= 4 is 39.9 Å². The van der Waals surface area contributed by atoms with Gasteiger partial charge in [-0.3, -0.25) is 9.59 Å². The van der Waals surface area contributed by atoms with Crippen molar-refractivity contribution in [1.82, 2.24) is 9.88 Å². The number of aromatic nitrogens is 1. The van der Waals surface area contributed by atoms with Crippen molar-refractivity contribution in [1.29, 1.82) is 0 Å². The van der Waals surface area contributed by atoms with E-state index in [-0.39, 0.29) is 25.0 Å². The molecule has 134 valence electrons. The summed E-state index contributed by atoms with van der Waals surface area (Å²) in [6, 6.07) is 6.76. The van der Waals surface area contributed by atoms with Gasteiger partial charge < -0.3 is 15.0 Å². The van der Waals surface area contributed by atoms with Crippen LogP contribution in [0.1, 0.15) is 18.2 Å². The minimum Gasteiger partial charge on any atom is -0.484 e. The number of anilines is 1. The normalized spacial score (nSPS) is 10.4. The lowest BCUT2D eigenvalue weighted by Crippen LogP contribution is -2.41. The van der Waals surface area contributed by atoms with Crippen molar-refractivity contribution in [3.63, 3.8) is 0 Å². The summed E-state index contributed by atoms with van der Waals surface area (Å²) in [6.07, 6.45) is 2.44. The van der Waals surface area contributed by atoms with Crippen molar-refractivity contribution < 1.29 is 14.3 Å². The Labute approximate surface area is 155 Å². The Morgan fingerprint density at radius 3 is 2.64 bits per heavy atom. The van der Waals surface area contributed by atoms with Crippen LogP contribution in [0.4, 0.5) is 5.13 Å². The number of ether oxygens (including phenoxy) is 1. The number of rotatable bonds is 8. The molecule has 2 aromatic rings. The van der Waals surface area contributed by atoms with Crippen LogP contribution < -0.4 is 10.1 Å². The summed E-state index contributed by atoms with van der Waals surface area (Å²) in [5.74, 6) is 0.0295. The molecular weight excluding hydrogens is 362 g/mol. The zero-order valence-corrected chi connectivity index (χ0v) is 15.7. The number of thiazole rings is 1. The van der Waals surface area contributed by atoms with Crippen LogP contribution >= 0.6 is 22.9 Å². The van der Waals surface area contributed by atoms with Gasteiger partial charge in [0.1, 0.15) is 12.3 Å².